The molecule has 86 valence electrons. The van der Waals surface area contributed by atoms with E-state index in [1.807, 2.05) is 26.0 Å². The number of methoxy groups -OCH3 is 1. The standard InChI is InChI=1S/C13H17NO2/c1-5-6-14-13(15)11-8-9(2)7-10(3)12(11)16-4/h5,7-8H,1,6H2,2-4H3,(H,14,15). The Balaban J connectivity index is 3.10. The van der Waals surface area contributed by atoms with Crippen molar-refractivity contribution in [2.24, 2.45) is 0 Å². The van der Waals surface area contributed by atoms with Gasteiger partial charge in [0.25, 0.3) is 5.91 Å². The van der Waals surface area contributed by atoms with Crippen LogP contribution < -0.4 is 10.1 Å². The van der Waals surface area contributed by atoms with Crippen LogP contribution in [0.25, 0.3) is 0 Å². The Bertz CT molecular complexity index is 411. The predicted octanol–water partition coefficient (Wildman–Crippen LogP) is 2.23. The Morgan fingerprint density at radius 3 is 2.75 bits per heavy atom. The molecule has 1 aromatic rings. The molecule has 3 nitrogen and oxygen atoms in total. The summed E-state index contributed by atoms with van der Waals surface area (Å²) in [6, 6.07) is 3.81. The van der Waals surface area contributed by atoms with Gasteiger partial charge in [0.2, 0.25) is 0 Å². The molecule has 0 aromatic heterocycles. The summed E-state index contributed by atoms with van der Waals surface area (Å²) in [5, 5.41) is 2.74. The van der Waals surface area contributed by atoms with Gasteiger partial charge >= 0.3 is 0 Å². The molecule has 0 fully saturated rings. The summed E-state index contributed by atoms with van der Waals surface area (Å²) in [6.07, 6.45) is 1.65. The number of benzene rings is 1. The lowest BCUT2D eigenvalue weighted by molar-refractivity contribution is 0.0954. The second-order valence-electron chi connectivity index (χ2n) is 3.66. The normalized spacial score (nSPS) is 9.69. The van der Waals surface area contributed by atoms with Crippen molar-refractivity contribution < 1.29 is 9.53 Å². The zero-order valence-corrected chi connectivity index (χ0v) is 9.96. The lowest BCUT2D eigenvalue weighted by atomic mass is 10.0. The number of rotatable bonds is 4. The molecule has 1 aromatic carbocycles. The first-order chi connectivity index (χ1) is 7.60. The van der Waals surface area contributed by atoms with Gasteiger partial charge in [-0.1, -0.05) is 12.1 Å². The van der Waals surface area contributed by atoms with E-state index in [9.17, 15) is 4.79 Å². The maximum atomic E-state index is 11.8. The summed E-state index contributed by atoms with van der Waals surface area (Å²) in [4.78, 5) is 11.8. The molecule has 1 amide bonds. The van der Waals surface area contributed by atoms with E-state index < -0.39 is 0 Å². The summed E-state index contributed by atoms with van der Waals surface area (Å²) in [5.74, 6) is 0.496. The number of hydrogen-bond donors (Lipinski definition) is 1. The molecule has 1 rings (SSSR count). The van der Waals surface area contributed by atoms with E-state index >= 15 is 0 Å². The zero-order chi connectivity index (χ0) is 12.1. The maximum Gasteiger partial charge on any atom is 0.255 e. The van der Waals surface area contributed by atoms with Gasteiger partial charge in [0.15, 0.2) is 0 Å². The number of amides is 1. The second-order valence-corrected chi connectivity index (χ2v) is 3.66. The predicted molar refractivity (Wildman–Crippen MR) is 65.0 cm³/mol. The molecule has 0 unspecified atom stereocenters. The highest BCUT2D eigenvalue weighted by molar-refractivity contribution is 5.97. The van der Waals surface area contributed by atoms with Gasteiger partial charge < -0.3 is 10.1 Å². The quantitative estimate of drug-likeness (QED) is 0.789. The van der Waals surface area contributed by atoms with Crippen molar-refractivity contribution >= 4 is 5.91 Å². The minimum atomic E-state index is -0.136. The molecule has 0 atom stereocenters. The van der Waals surface area contributed by atoms with E-state index in [1.54, 1.807) is 13.2 Å². The number of carbonyl (C=O) groups is 1. The molecule has 0 bridgehead atoms. The zero-order valence-electron chi connectivity index (χ0n) is 9.96. The van der Waals surface area contributed by atoms with Crippen LogP contribution in [-0.4, -0.2) is 19.6 Å². The van der Waals surface area contributed by atoms with Crippen LogP contribution in [-0.2, 0) is 0 Å². The fourth-order valence-corrected chi connectivity index (χ4v) is 1.65. The molecular formula is C13H17NO2. The lowest BCUT2D eigenvalue weighted by Gasteiger charge is -2.12. The van der Waals surface area contributed by atoms with Crippen molar-refractivity contribution in [1.29, 1.82) is 0 Å². The summed E-state index contributed by atoms with van der Waals surface area (Å²) >= 11 is 0. The first-order valence-corrected chi connectivity index (χ1v) is 5.14. The molecule has 3 heteroatoms. The average Bonchev–Trinajstić information content (AvgIpc) is 2.24. The molecular weight excluding hydrogens is 202 g/mol. The third-order valence-corrected chi connectivity index (χ3v) is 2.27. The molecule has 0 saturated heterocycles. The van der Waals surface area contributed by atoms with Gasteiger partial charge in [0.1, 0.15) is 5.75 Å². The summed E-state index contributed by atoms with van der Waals surface area (Å²) in [7, 11) is 1.57. The molecule has 0 spiro atoms. The van der Waals surface area contributed by atoms with Gasteiger partial charge in [-0.2, -0.15) is 0 Å². The van der Waals surface area contributed by atoms with Crippen LogP contribution in [0.5, 0.6) is 5.75 Å². The van der Waals surface area contributed by atoms with E-state index in [2.05, 4.69) is 11.9 Å². The largest absolute Gasteiger partial charge is 0.496 e. The van der Waals surface area contributed by atoms with Gasteiger partial charge in [-0.3, -0.25) is 4.79 Å². The molecule has 0 radical (unpaired) electrons. The van der Waals surface area contributed by atoms with Crippen LogP contribution in [0.15, 0.2) is 24.8 Å². The van der Waals surface area contributed by atoms with Gasteiger partial charge in [-0.25, -0.2) is 0 Å². The Kier molecular flexibility index (Phi) is 4.11. The minimum Gasteiger partial charge on any atom is -0.496 e. The lowest BCUT2D eigenvalue weighted by Crippen LogP contribution is -2.24. The van der Waals surface area contributed by atoms with Gasteiger partial charge in [0.05, 0.1) is 12.7 Å². The highest BCUT2D eigenvalue weighted by atomic mass is 16.5. The molecule has 0 saturated carbocycles. The molecule has 0 aliphatic rings. The first kappa shape index (κ1) is 12.3. The Morgan fingerprint density at radius 1 is 1.50 bits per heavy atom. The van der Waals surface area contributed by atoms with Crippen LogP contribution in [0.1, 0.15) is 21.5 Å². The Morgan fingerprint density at radius 2 is 2.19 bits per heavy atom. The van der Waals surface area contributed by atoms with Crippen molar-refractivity contribution in [1.82, 2.24) is 5.32 Å². The smallest absolute Gasteiger partial charge is 0.255 e. The van der Waals surface area contributed by atoms with Crippen LogP contribution in [0, 0.1) is 13.8 Å². The highest BCUT2D eigenvalue weighted by Gasteiger charge is 2.14. The summed E-state index contributed by atoms with van der Waals surface area (Å²) in [5.41, 5.74) is 2.58. The third kappa shape index (κ3) is 2.63. The fourth-order valence-electron chi connectivity index (χ4n) is 1.65. The first-order valence-electron chi connectivity index (χ1n) is 5.14. The van der Waals surface area contributed by atoms with Crippen molar-refractivity contribution in [3.8, 4) is 5.75 Å². The monoisotopic (exact) mass is 219 g/mol. The van der Waals surface area contributed by atoms with E-state index in [-0.39, 0.29) is 5.91 Å². The number of carbonyl (C=O) groups excluding carboxylic acids is 1. The number of ether oxygens (including phenoxy) is 1. The van der Waals surface area contributed by atoms with E-state index in [4.69, 9.17) is 4.74 Å². The van der Waals surface area contributed by atoms with E-state index in [0.29, 0.717) is 17.9 Å². The van der Waals surface area contributed by atoms with Crippen molar-refractivity contribution in [2.45, 2.75) is 13.8 Å². The van der Waals surface area contributed by atoms with E-state index in [1.165, 1.54) is 0 Å². The molecule has 1 N–H and O–H groups in total. The molecule has 0 aliphatic carbocycles. The second kappa shape index (κ2) is 5.35. The van der Waals surface area contributed by atoms with Crippen LogP contribution in [0.4, 0.5) is 0 Å². The summed E-state index contributed by atoms with van der Waals surface area (Å²) < 4.78 is 5.25. The Labute approximate surface area is 96.1 Å². The third-order valence-electron chi connectivity index (χ3n) is 2.27. The van der Waals surface area contributed by atoms with Crippen molar-refractivity contribution in [3.63, 3.8) is 0 Å². The molecule has 0 aliphatic heterocycles. The molecule has 16 heavy (non-hydrogen) atoms. The average molecular weight is 219 g/mol. The maximum absolute atomic E-state index is 11.8. The van der Waals surface area contributed by atoms with Crippen molar-refractivity contribution in [3.05, 3.63) is 41.5 Å². The minimum absolute atomic E-state index is 0.136. The molecule has 0 heterocycles. The fraction of sp³-hybridized carbons (Fsp3) is 0.308. The van der Waals surface area contributed by atoms with Gasteiger partial charge in [-0.05, 0) is 31.0 Å². The van der Waals surface area contributed by atoms with Crippen molar-refractivity contribution in [2.75, 3.05) is 13.7 Å². The highest BCUT2D eigenvalue weighted by Crippen LogP contribution is 2.24. The number of nitrogens with one attached hydrogen (secondary N) is 1. The number of aryl methyl sites for hydroxylation is 2. The topological polar surface area (TPSA) is 38.3 Å². The van der Waals surface area contributed by atoms with Crippen LogP contribution in [0.3, 0.4) is 0 Å². The SMILES string of the molecule is C=CCNC(=O)c1cc(C)cc(C)c1OC. The van der Waals surface area contributed by atoms with Crippen LogP contribution >= 0.6 is 0 Å². The number of hydrogen-bond acceptors (Lipinski definition) is 2. The van der Waals surface area contributed by atoms with Crippen LogP contribution in [0.2, 0.25) is 0 Å². The summed E-state index contributed by atoms with van der Waals surface area (Å²) in [6.45, 7) is 7.89. The van der Waals surface area contributed by atoms with Gasteiger partial charge in [-0.15, -0.1) is 6.58 Å². The van der Waals surface area contributed by atoms with E-state index in [0.717, 1.165) is 11.1 Å². The van der Waals surface area contributed by atoms with Gasteiger partial charge in [0, 0.05) is 6.54 Å². The Hall–Kier alpha value is -1.77.